The molecule has 0 aliphatic heterocycles. The van der Waals surface area contributed by atoms with E-state index in [9.17, 15) is 9.59 Å². The second kappa shape index (κ2) is 6.83. The van der Waals surface area contributed by atoms with Gasteiger partial charge in [0.05, 0.1) is 5.52 Å². The van der Waals surface area contributed by atoms with Crippen molar-refractivity contribution in [1.82, 2.24) is 10.3 Å². The number of fused-ring (bicyclic) bond motifs is 1. The van der Waals surface area contributed by atoms with Crippen molar-refractivity contribution in [2.24, 2.45) is 5.92 Å². The topological polar surface area (TPSA) is 79.3 Å². The SMILES string of the molecule is CC(CC(=O)O)CC(=O)NCc1cccc2cccnc12. The Labute approximate surface area is 123 Å². The zero-order valence-corrected chi connectivity index (χ0v) is 11.9. The number of pyridine rings is 1. The van der Waals surface area contributed by atoms with E-state index in [2.05, 4.69) is 10.3 Å². The molecule has 2 N–H and O–H groups in total. The maximum atomic E-state index is 11.8. The molecule has 1 atom stereocenters. The summed E-state index contributed by atoms with van der Waals surface area (Å²) < 4.78 is 0. The lowest BCUT2D eigenvalue weighted by Gasteiger charge is -2.10. The number of amides is 1. The van der Waals surface area contributed by atoms with Crippen LogP contribution in [0.15, 0.2) is 36.5 Å². The molecular formula is C16H18N2O3. The number of carboxylic acids is 1. The summed E-state index contributed by atoms with van der Waals surface area (Å²) in [7, 11) is 0. The number of rotatable bonds is 6. The number of carboxylic acid groups (broad SMARTS) is 1. The van der Waals surface area contributed by atoms with Gasteiger partial charge in [-0.15, -0.1) is 0 Å². The molecule has 5 heteroatoms. The highest BCUT2D eigenvalue weighted by Gasteiger charge is 2.12. The summed E-state index contributed by atoms with van der Waals surface area (Å²) in [5.74, 6) is -1.20. The lowest BCUT2D eigenvalue weighted by atomic mass is 10.0. The van der Waals surface area contributed by atoms with Crippen molar-refractivity contribution < 1.29 is 14.7 Å². The predicted octanol–water partition coefficient (Wildman–Crippen LogP) is 2.35. The first-order valence-corrected chi connectivity index (χ1v) is 6.87. The molecule has 0 aliphatic carbocycles. The summed E-state index contributed by atoms with van der Waals surface area (Å²) in [6.45, 7) is 2.15. The van der Waals surface area contributed by atoms with E-state index >= 15 is 0 Å². The third-order valence-corrected chi connectivity index (χ3v) is 3.25. The minimum atomic E-state index is -0.881. The number of hydrogen-bond acceptors (Lipinski definition) is 3. The third-order valence-electron chi connectivity index (χ3n) is 3.25. The maximum Gasteiger partial charge on any atom is 0.303 e. The van der Waals surface area contributed by atoms with Gasteiger partial charge in [-0.1, -0.05) is 31.2 Å². The van der Waals surface area contributed by atoms with Crippen molar-refractivity contribution in [2.75, 3.05) is 0 Å². The van der Waals surface area contributed by atoms with E-state index in [-0.39, 0.29) is 24.7 Å². The lowest BCUT2D eigenvalue weighted by Crippen LogP contribution is -2.25. The number of carbonyl (C=O) groups excluding carboxylic acids is 1. The number of aromatic nitrogens is 1. The largest absolute Gasteiger partial charge is 0.481 e. The molecule has 0 saturated carbocycles. The van der Waals surface area contributed by atoms with Gasteiger partial charge in [-0.3, -0.25) is 14.6 Å². The first-order chi connectivity index (χ1) is 10.1. The third kappa shape index (κ3) is 4.27. The molecule has 0 saturated heterocycles. The Balaban J connectivity index is 1.95. The highest BCUT2D eigenvalue weighted by molar-refractivity contribution is 5.82. The van der Waals surface area contributed by atoms with Gasteiger partial charge in [0.2, 0.25) is 5.91 Å². The average Bonchev–Trinajstić information content (AvgIpc) is 2.44. The average molecular weight is 286 g/mol. The number of aliphatic carboxylic acids is 1. The van der Waals surface area contributed by atoms with Crippen molar-refractivity contribution in [2.45, 2.75) is 26.3 Å². The lowest BCUT2D eigenvalue weighted by molar-refractivity contribution is -0.138. The van der Waals surface area contributed by atoms with Gasteiger partial charge in [-0.05, 0) is 17.5 Å². The summed E-state index contributed by atoms with van der Waals surface area (Å²) in [6.07, 6.45) is 1.94. The summed E-state index contributed by atoms with van der Waals surface area (Å²) in [4.78, 5) is 26.7. The van der Waals surface area contributed by atoms with Crippen molar-refractivity contribution in [3.8, 4) is 0 Å². The number of nitrogens with zero attached hydrogens (tertiary/aromatic N) is 1. The molecule has 1 aromatic carbocycles. The molecule has 0 aliphatic rings. The number of hydrogen-bond donors (Lipinski definition) is 2. The molecule has 1 heterocycles. The molecule has 5 nitrogen and oxygen atoms in total. The number of carbonyl (C=O) groups is 2. The van der Waals surface area contributed by atoms with Crippen LogP contribution in [0, 0.1) is 5.92 Å². The van der Waals surface area contributed by atoms with E-state index < -0.39 is 5.97 Å². The molecule has 0 spiro atoms. The van der Waals surface area contributed by atoms with Gasteiger partial charge < -0.3 is 10.4 Å². The van der Waals surface area contributed by atoms with Crippen LogP contribution in [-0.4, -0.2) is 22.0 Å². The number of para-hydroxylation sites is 1. The second-order valence-corrected chi connectivity index (χ2v) is 5.18. The molecular weight excluding hydrogens is 268 g/mol. The minimum Gasteiger partial charge on any atom is -0.481 e. The second-order valence-electron chi connectivity index (χ2n) is 5.18. The van der Waals surface area contributed by atoms with Crippen LogP contribution in [0.5, 0.6) is 0 Å². The molecule has 1 aromatic heterocycles. The van der Waals surface area contributed by atoms with Crippen molar-refractivity contribution >= 4 is 22.8 Å². The zero-order valence-electron chi connectivity index (χ0n) is 11.9. The summed E-state index contributed by atoms with van der Waals surface area (Å²) in [5, 5.41) is 12.5. The fourth-order valence-electron chi connectivity index (χ4n) is 2.26. The molecule has 0 fully saturated rings. The fraction of sp³-hybridized carbons (Fsp3) is 0.312. The van der Waals surface area contributed by atoms with Crippen LogP contribution in [0.1, 0.15) is 25.3 Å². The minimum absolute atomic E-state index is 0.00322. The van der Waals surface area contributed by atoms with Crippen molar-refractivity contribution in [3.05, 3.63) is 42.1 Å². The monoisotopic (exact) mass is 286 g/mol. The summed E-state index contributed by atoms with van der Waals surface area (Å²) in [6, 6.07) is 9.68. The van der Waals surface area contributed by atoms with Gasteiger partial charge in [0.15, 0.2) is 0 Å². The van der Waals surface area contributed by atoms with Gasteiger partial charge in [0.1, 0.15) is 0 Å². The van der Waals surface area contributed by atoms with Crippen LogP contribution in [0.4, 0.5) is 0 Å². The van der Waals surface area contributed by atoms with Crippen LogP contribution < -0.4 is 5.32 Å². The van der Waals surface area contributed by atoms with Crippen molar-refractivity contribution in [3.63, 3.8) is 0 Å². The highest BCUT2D eigenvalue weighted by Crippen LogP contribution is 2.15. The van der Waals surface area contributed by atoms with Crippen LogP contribution in [-0.2, 0) is 16.1 Å². The summed E-state index contributed by atoms with van der Waals surface area (Å²) in [5.41, 5.74) is 1.83. The Morgan fingerprint density at radius 3 is 2.76 bits per heavy atom. The summed E-state index contributed by atoms with van der Waals surface area (Å²) >= 11 is 0. The first-order valence-electron chi connectivity index (χ1n) is 6.87. The van der Waals surface area contributed by atoms with Gasteiger partial charge >= 0.3 is 5.97 Å². The van der Waals surface area contributed by atoms with E-state index in [0.29, 0.717) is 6.54 Å². The molecule has 0 bridgehead atoms. The van der Waals surface area contributed by atoms with E-state index in [1.165, 1.54) is 0 Å². The Morgan fingerprint density at radius 1 is 1.24 bits per heavy atom. The number of benzene rings is 1. The predicted molar refractivity (Wildman–Crippen MR) is 79.6 cm³/mol. The molecule has 1 unspecified atom stereocenters. The van der Waals surface area contributed by atoms with E-state index in [1.54, 1.807) is 13.1 Å². The Morgan fingerprint density at radius 2 is 2.00 bits per heavy atom. The molecule has 0 radical (unpaired) electrons. The Kier molecular flexibility index (Phi) is 4.87. The van der Waals surface area contributed by atoms with E-state index in [0.717, 1.165) is 16.5 Å². The van der Waals surface area contributed by atoms with Crippen molar-refractivity contribution in [1.29, 1.82) is 0 Å². The molecule has 21 heavy (non-hydrogen) atoms. The van der Waals surface area contributed by atoms with Crippen LogP contribution in [0.25, 0.3) is 10.9 Å². The number of nitrogens with one attached hydrogen (secondary N) is 1. The van der Waals surface area contributed by atoms with Crippen LogP contribution in [0.3, 0.4) is 0 Å². The molecule has 2 aromatic rings. The Hall–Kier alpha value is -2.43. The van der Waals surface area contributed by atoms with E-state index in [1.807, 2.05) is 30.3 Å². The fourth-order valence-corrected chi connectivity index (χ4v) is 2.26. The highest BCUT2D eigenvalue weighted by atomic mass is 16.4. The maximum absolute atomic E-state index is 11.8. The van der Waals surface area contributed by atoms with Gasteiger partial charge in [0.25, 0.3) is 0 Å². The molecule has 2 rings (SSSR count). The zero-order chi connectivity index (χ0) is 15.2. The Bertz CT molecular complexity index is 650. The normalized spacial score (nSPS) is 12.0. The smallest absolute Gasteiger partial charge is 0.303 e. The van der Waals surface area contributed by atoms with E-state index in [4.69, 9.17) is 5.11 Å². The molecule has 1 amide bonds. The first kappa shape index (κ1) is 15.0. The van der Waals surface area contributed by atoms with Gasteiger partial charge in [-0.25, -0.2) is 0 Å². The standard InChI is InChI=1S/C16H18N2O3/c1-11(9-15(20)21)8-14(19)18-10-13-5-2-4-12-6-3-7-17-16(12)13/h2-7,11H,8-10H2,1H3,(H,18,19)(H,20,21). The van der Waals surface area contributed by atoms with Gasteiger partial charge in [-0.2, -0.15) is 0 Å². The van der Waals surface area contributed by atoms with Crippen LogP contribution in [0.2, 0.25) is 0 Å². The quantitative estimate of drug-likeness (QED) is 0.854. The van der Waals surface area contributed by atoms with Gasteiger partial charge in [0, 0.05) is 31.0 Å². The molecule has 110 valence electrons. The van der Waals surface area contributed by atoms with Crippen LogP contribution >= 0.6 is 0 Å².